The van der Waals surface area contributed by atoms with Crippen molar-refractivity contribution in [3.8, 4) is 0 Å². The number of hydrogen-bond acceptors (Lipinski definition) is 2. The summed E-state index contributed by atoms with van der Waals surface area (Å²) in [5, 5.41) is 0. The molecule has 0 radical (unpaired) electrons. The van der Waals surface area contributed by atoms with Gasteiger partial charge in [0.1, 0.15) is 6.04 Å². The lowest BCUT2D eigenvalue weighted by Crippen LogP contribution is -2.53. The summed E-state index contributed by atoms with van der Waals surface area (Å²) in [6.45, 7) is 10.9. The Labute approximate surface area is 185 Å². The van der Waals surface area contributed by atoms with Crippen molar-refractivity contribution in [1.29, 1.82) is 0 Å². The molecule has 4 unspecified atom stereocenters. The molecule has 0 aromatic carbocycles. The van der Waals surface area contributed by atoms with Crippen LogP contribution in [-0.2, 0) is 9.59 Å². The smallest absolute Gasteiger partial charge is 0.339 e. The van der Waals surface area contributed by atoms with Gasteiger partial charge in [0.25, 0.3) is 0 Å². The van der Waals surface area contributed by atoms with E-state index in [1.165, 1.54) is 0 Å². The van der Waals surface area contributed by atoms with E-state index in [2.05, 4.69) is 13.8 Å². The Morgan fingerprint density at radius 3 is 2.13 bits per heavy atom. The fourth-order valence-corrected chi connectivity index (χ4v) is 5.36. The number of carbonyl (C=O) groups is 2. The van der Waals surface area contributed by atoms with Crippen LogP contribution in [0, 0.1) is 23.7 Å². The van der Waals surface area contributed by atoms with Gasteiger partial charge < -0.3 is 9.80 Å². The molecule has 0 aliphatic carbocycles. The van der Waals surface area contributed by atoms with Gasteiger partial charge in [-0.05, 0) is 62.2 Å². The Bertz CT molecular complexity index is 606. The molecule has 2 saturated heterocycles. The van der Waals surface area contributed by atoms with Crippen LogP contribution in [0.1, 0.15) is 86.0 Å². The van der Waals surface area contributed by atoms with E-state index < -0.39 is 18.1 Å². The number of rotatable bonds is 7. The van der Waals surface area contributed by atoms with Gasteiger partial charge in [0.2, 0.25) is 11.8 Å². The molecular weight excluding hydrogens is 405 g/mol. The van der Waals surface area contributed by atoms with Crippen molar-refractivity contribution >= 4 is 11.8 Å². The lowest BCUT2D eigenvalue weighted by molar-refractivity contribution is -0.200. The molecule has 4 atom stereocenters. The molecule has 0 aromatic rings. The molecule has 2 fully saturated rings. The molecule has 0 saturated carbocycles. The van der Waals surface area contributed by atoms with E-state index >= 15 is 0 Å². The molecule has 2 heterocycles. The summed E-state index contributed by atoms with van der Waals surface area (Å²) in [5.74, 6) is 0.125. The first kappa shape index (κ1) is 26.0. The second kappa shape index (κ2) is 11.0. The van der Waals surface area contributed by atoms with Crippen LogP contribution in [0.5, 0.6) is 0 Å². The Balaban J connectivity index is 1.95. The van der Waals surface area contributed by atoms with E-state index in [0.29, 0.717) is 25.2 Å². The normalized spacial score (nSPS) is 26.5. The number of carbonyl (C=O) groups excluding carboxylic acids is 2. The third-order valence-corrected chi connectivity index (χ3v) is 6.89. The molecule has 180 valence electrons. The molecule has 4 nitrogen and oxygen atoms in total. The topological polar surface area (TPSA) is 40.6 Å². The van der Waals surface area contributed by atoms with Gasteiger partial charge in [-0.25, -0.2) is 0 Å². The van der Waals surface area contributed by atoms with Crippen LogP contribution in [0.3, 0.4) is 0 Å². The molecular formula is C24H41F3N2O2. The summed E-state index contributed by atoms with van der Waals surface area (Å²) in [6.07, 6.45) is 0.467. The summed E-state index contributed by atoms with van der Waals surface area (Å²) in [4.78, 5) is 28.4. The minimum absolute atomic E-state index is 0.0367. The van der Waals surface area contributed by atoms with Crippen LogP contribution in [0.15, 0.2) is 0 Å². The van der Waals surface area contributed by atoms with Gasteiger partial charge >= 0.3 is 6.18 Å². The zero-order chi connectivity index (χ0) is 23.3. The third kappa shape index (κ3) is 7.38. The molecule has 2 aliphatic rings. The molecule has 7 heteroatoms. The first-order valence-electron chi connectivity index (χ1n) is 12.1. The molecule has 0 aromatic heterocycles. The first-order valence-corrected chi connectivity index (χ1v) is 12.1. The largest absolute Gasteiger partial charge is 0.408 e. The van der Waals surface area contributed by atoms with Crippen molar-refractivity contribution in [2.45, 2.75) is 104 Å². The number of piperidine rings is 2. The van der Waals surface area contributed by atoms with Gasteiger partial charge in [-0.3, -0.25) is 9.59 Å². The summed E-state index contributed by atoms with van der Waals surface area (Å²) in [5.41, 5.74) is 0. The molecule has 0 spiro atoms. The number of amides is 2. The molecule has 2 amide bonds. The maximum atomic E-state index is 13.7. The van der Waals surface area contributed by atoms with Crippen molar-refractivity contribution in [1.82, 2.24) is 9.80 Å². The van der Waals surface area contributed by atoms with E-state index in [0.717, 1.165) is 30.7 Å². The van der Waals surface area contributed by atoms with Gasteiger partial charge in [-0.15, -0.1) is 0 Å². The second-order valence-corrected chi connectivity index (χ2v) is 10.6. The summed E-state index contributed by atoms with van der Waals surface area (Å²) >= 11 is 0. The molecule has 0 N–H and O–H groups in total. The Morgan fingerprint density at radius 1 is 0.903 bits per heavy atom. The van der Waals surface area contributed by atoms with E-state index in [9.17, 15) is 22.8 Å². The van der Waals surface area contributed by atoms with Crippen molar-refractivity contribution < 1.29 is 22.8 Å². The minimum Gasteiger partial charge on any atom is -0.339 e. The maximum Gasteiger partial charge on any atom is 0.408 e. The number of alkyl halides is 3. The van der Waals surface area contributed by atoms with Crippen LogP contribution in [-0.4, -0.2) is 53.0 Å². The average Bonchev–Trinajstić information content (AvgIpc) is 2.66. The van der Waals surface area contributed by atoms with Crippen LogP contribution in [0.2, 0.25) is 0 Å². The summed E-state index contributed by atoms with van der Waals surface area (Å²) < 4.78 is 41.2. The standard InChI is InChI=1S/C24H41F3N2O2/c1-16(2)12-22(30)29-11-9-19(15-21(29)24(25,26)27)13-18(5)14-23(31)28-10-7-6-8-20(28)17(3)4/h16-21H,6-15H2,1-5H3. The average molecular weight is 447 g/mol. The maximum absolute atomic E-state index is 13.7. The number of nitrogens with zero attached hydrogens (tertiary/aromatic N) is 2. The molecule has 2 aliphatic heterocycles. The quantitative estimate of drug-likeness (QED) is 0.507. The zero-order valence-corrected chi connectivity index (χ0v) is 19.9. The number of halogens is 3. The Hall–Kier alpha value is -1.27. The van der Waals surface area contributed by atoms with Crippen LogP contribution in [0.4, 0.5) is 13.2 Å². The van der Waals surface area contributed by atoms with Crippen LogP contribution < -0.4 is 0 Å². The molecule has 2 rings (SSSR count). The summed E-state index contributed by atoms with van der Waals surface area (Å²) in [6, 6.07) is -1.42. The third-order valence-electron chi connectivity index (χ3n) is 6.89. The second-order valence-electron chi connectivity index (χ2n) is 10.6. The van der Waals surface area contributed by atoms with Crippen molar-refractivity contribution in [3.63, 3.8) is 0 Å². The Kier molecular flexibility index (Phi) is 9.26. The van der Waals surface area contributed by atoms with Gasteiger partial charge in [0.05, 0.1) is 0 Å². The van der Waals surface area contributed by atoms with Crippen molar-refractivity contribution in [2.75, 3.05) is 13.1 Å². The SMILES string of the molecule is CC(C)CC(=O)N1CCC(CC(C)CC(=O)N2CCCCC2C(C)C)CC1C(F)(F)F. The molecule has 0 bridgehead atoms. The lowest BCUT2D eigenvalue weighted by Gasteiger charge is -2.41. The highest BCUT2D eigenvalue weighted by molar-refractivity contribution is 5.77. The van der Waals surface area contributed by atoms with Gasteiger partial charge in [-0.1, -0.05) is 34.6 Å². The van der Waals surface area contributed by atoms with E-state index in [-0.39, 0.29) is 49.1 Å². The van der Waals surface area contributed by atoms with Gasteiger partial charge in [0.15, 0.2) is 0 Å². The van der Waals surface area contributed by atoms with E-state index in [4.69, 9.17) is 0 Å². The van der Waals surface area contributed by atoms with Crippen molar-refractivity contribution in [2.24, 2.45) is 23.7 Å². The Morgan fingerprint density at radius 2 is 1.55 bits per heavy atom. The van der Waals surface area contributed by atoms with E-state index in [1.54, 1.807) is 0 Å². The fourth-order valence-electron chi connectivity index (χ4n) is 5.36. The predicted molar refractivity (Wildman–Crippen MR) is 116 cm³/mol. The van der Waals surface area contributed by atoms with E-state index in [1.807, 2.05) is 25.7 Å². The predicted octanol–water partition coefficient (Wildman–Crippen LogP) is 5.66. The minimum atomic E-state index is -4.41. The number of likely N-dealkylation sites (tertiary alicyclic amines) is 2. The summed E-state index contributed by atoms with van der Waals surface area (Å²) in [7, 11) is 0. The highest BCUT2D eigenvalue weighted by Gasteiger charge is 2.48. The van der Waals surface area contributed by atoms with Crippen LogP contribution in [0.25, 0.3) is 0 Å². The number of hydrogen-bond donors (Lipinski definition) is 0. The highest BCUT2D eigenvalue weighted by atomic mass is 19.4. The van der Waals surface area contributed by atoms with Gasteiger partial charge in [-0.2, -0.15) is 13.2 Å². The van der Waals surface area contributed by atoms with Crippen LogP contribution >= 0.6 is 0 Å². The highest BCUT2D eigenvalue weighted by Crippen LogP contribution is 2.38. The fraction of sp³-hybridized carbons (Fsp3) is 0.917. The zero-order valence-electron chi connectivity index (χ0n) is 19.9. The van der Waals surface area contributed by atoms with Gasteiger partial charge in [0, 0.05) is 32.0 Å². The lowest BCUT2D eigenvalue weighted by atomic mass is 9.82. The first-order chi connectivity index (χ1) is 14.4. The molecule has 31 heavy (non-hydrogen) atoms. The van der Waals surface area contributed by atoms with Crippen molar-refractivity contribution in [3.05, 3.63) is 0 Å². The monoisotopic (exact) mass is 446 g/mol.